The lowest BCUT2D eigenvalue weighted by molar-refractivity contribution is -0.00987. The highest BCUT2D eigenvalue weighted by Gasteiger charge is 2.43. The number of benzene rings is 4. The molecule has 2 unspecified atom stereocenters. The first-order valence-electron chi connectivity index (χ1n) is 11.0. The Balaban J connectivity index is 1.51. The monoisotopic (exact) mass is 464 g/mol. The van der Waals surface area contributed by atoms with Crippen LogP contribution >= 0.6 is 0 Å². The first kappa shape index (κ1) is 19.8. The Morgan fingerprint density at radius 2 is 1.14 bits per heavy atom. The fraction of sp³-hybridized carbons (Fsp3) is 0.0714. The summed E-state index contributed by atoms with van der Waals surface area (Å²) >= 11 is 0. The Labute approximate surface area is 196 Å². The quantitative estimate of drug-likeness (QED) is 0.267. The Morgan fingerprint density at radius 1 is 0.657 bits per heavy atom. The van der Waals surface area contributed by atoms with Gasteiger partial charge in [0.2, 0.25) is 6.29 Å². The Bertz CT molecular complexity index is 1970. The average molecular weight is 464 g/mol. The van der Waals surface area contributed by atoms with Gasteiger partial charge in [-0.05, 0) is 45.8 Å². The minimum Gasteiger partial charge on any atom is -0.507 e. The third-order valence-corrected chi connectivity index (χ3v) is 6.69. The van der Waals surface area contributed by atoms with Crippen LogP contribution in [0.15, 0.2) is 91.2 Å². The number of hydrogen-bond donors (Lipinski definition) is 2. The summed E-state index contributed by atoms with van der Waals surface area (Å²) in [6.45, 7) is 0. The zero-order valence-corrected chi connectivity index (χ0v) is 18.0. The molecule has 7 nitrogen and oxygen atoms in total. The molecule has 2 atom stereocenters. The molecule has 170 valence electrons. The number of fused-ring (bicyclic) bond motifs is 6. The molecule has 0 bridgehead atoms. The van der Waals surface area contributed by atoms with Crippen molar-refractivity contribution < 1.29 is 23.8 Å². The molecule has 1 aliphatic rings. The van der Waals surface area contributed by atoms with Crippen LogP contribution in [0.3, 0.4) is 0 Å². The summed E-state index contributed by atoms with van der Waals surface area (Å²) in [6, 6.07) is 21.9. The van der Waals surface area contributed by atoms with Gasteiger partial charge in [0.05, 0.1) is 27.8 Å². The molecular formula is C28H16O7. The summed E-state index contributed by atoms with van der Waals surface area (Å²) in [4.78, 5) is 26.1. The largest absolute Gasteiger partial charge is 0.507 e. The van der Waals surface area contributed by atoms with Crippen molar-refractivity contribution >= 4 is 43.5 Å². The van der Waals surface area contributed by atoms with Crippen LogP contribution in [0, 0.1) is 0 Å². The SMILES string of the molecule is O=c1oc2cc3ccccc3cc2c(O)c1C1c2c(c3cc4ccccc4cc3oc2=O)OC1O. The van der Waals surface area contributed by atoms with Crippen LogP contribution in [0.25, 0.3) is 43.5 Å². The van der Waals surface area contributed by atoms with Crippen LogP contribution in [-0.4, -0.2) is 16.5 Å². The molecule has 3 heterocycles. The van der Waals surface area contributed by atoms with Crippen molar-refractivity contribution in [3.63, 3.8) is 0 Å². The molecule has 7 heteroatoms. The third kappa shape index (κ3) is 2.76. The second kappa shape index (κ2) is 6.94. The maximum atomic E-state index is 13.1. The number of hydrogen-bond acceptors (Lipinski definition) is 7. The van der Waals surface area contributed by atoms with Crippen molar-refractivity contribution in [1.82, 2.24) is 0 Å². The molecule has 0 spiro atoms. The fourth-order valence-corrected chi connectivity index (χ4v) is 5.05. The molecule has 35 heavy (non-hydrogen) atoms. The van der Waals surface area contributed by atoms with Crippen molar-refractivity contribution in [3.8, 4) is 11.5 Å². The van der Waals surface area contributed by atoms with Gasteiger partial charge in [0.25, 0.3) is 0 Å². The van der Waals surface area contributed by atoms with E-state index in [1.54, 1.807) is 24.3 Å². The molecule has 0 aliphatic carbocycles. The maximum absolute atomic E-state index is 13.1. The van der Waals surface area contributed by atoms with E-state index in [1.165, 1.54) is 0 Å². The molecule has 0 saturated carbocycles. The van der Waals surface area contributed by atoms with Gasteiger partial charge in [-0.3, -0.25) is 0 Å². The van der Waals surface area contributed by atoms with Crippen molar-refractivity contribution in [2.45, 2.75) is 12.2 Å². The lowest BCUT2D eigenvalue weighted by atomic mass is 9.91. The maximum Gasteiger partial charge on any atom is 0.344 e. The zero-order valence-electron chi connectivity index (χ0n) is 18.0. The van der Waals surface area contributed by atoms with Gasteiger partial charge in [-0.25, -0.2) is 9.59 Å². The molecule has 0 amide bonds. The van der Waals surface area contributed by atoms with E-state index in [-0.39, 0.29) is 33.6 Å². The van der Waals surface area contributed by atoms with Crippen molar-refractivity contribution in [1.29, 1.82) is 0 Å². The highest BCUT2D eigenvalue weighted by Crippen LogP contribution is 2.46. The summed E-state index contributed by atoms with van der Waals surface area (Å²) < 4.78 is 16.8. The fourth-order valence-electron chi connectivity index (χ4n) is 5.05. The van der Waals surface area contributed by atoms with Crippen LogP contribution in [0.5, 0.6) is 11.5 Å². The van der Waals surface area contributed by atoms with Gasteiger partial charge < -0.3 is 23.8 Å². The second-order valence-corrected chi connectivity index (χ2v) is 8.66. The standard InChI is InChI=1S/C28H16O7/c29-24-17-9-13-5-1-3-7-15(13)11-19(17)33-27(31)22(24)21-23-25(35-26(21)30)18-10-14-6-2-4-8-16(14)12-20(18)34-28(23)32/h1-12,21,26,29-30H. The van der Waals surface area contributed by atoms with Crippen molar-refractivity contribution in [2.75, 3.05) is 0 Å². The summed E-state index contributed by atoms with van der Waals surface area (Å²) in [5.41, 5.74) is -1.44. The summed E-state index contributed by atoms with van der Waals surface area (Å²) in [5.74, 6) is -1.54. The molecule has 2 N–H and O–H groups in total. The summed E-state index contributed by atoms with van der Waals surface area (Å²) in [5, 5.41) is 26.2. The molecule has 6 aromatic rings. The number of aliphatic hydroxyl groups excluding tert-OH is 1. The molecular weight excluding hydrogens is 448 g/mol. The number of aromatic hydroxyl groups is 1. The molecule has 1 aliphatic heterocycles. The van der Waals surface area contributed by atoms with Crippen LogP contribution in [0.1, 0.15) is 17.0 Å². The van der Waals surface area contributed by atoms with Crippen LogP contribution < -0.4 is 16.0 Å². The van der Waals surface area contributed by atoms with Gasteiger partial charge in [0, 0.05) is 0 Å². The number of ether oxygens (including phenoxy) is 1. The predicted molar refractivity (Wildman–Crippen MR) is 130 cm³/mol. The highest BCUT2D eigenvalue weighted by molar-refractivity contribution is 6.00. The molecule has 0 radical (unpaired) electrons. The highest BCUT2D eigenvalue weighted by atomic mass is 16.6. The lowest BCUT2D eigenvalue weighted by Gasteiger charge is -2.15. The smallest absolute Gasteiger partial charge is 0.344 e. The number of rotatable bonds is 1. The van der Waals surface area contributed by atoms with E-state index >= 15 is 0 Å². The third-order valence-electron chi connectivity index (χ3n) is 6.69. The molecule has 4 aromatic carbocycles. The Kier molecular flexibility index (Phi) is 3.93. The van der Waals surface area contributed by atoms with Crippen LogP contribution in [0.2, 0.25) is 0 Å². The summed E-state index contributed by atoms with van der Waals surface area (Å²) in [7, 11) is 0. The van der Waals surface area contributed by atoms with Crippen LogP contribution in [-0.2, 0) is 0 Å². The van der Waals surface area contributed by atoms with Crippen molar-refractivity contribution in [3.05, 3.63) is 105 Å². The Hall–Kier alpha value is -4.62. The van der Waals surface area contributed by atoms with E-state index < -0.39 is 23.5 Å². The van der Waals surface area contributed by atoms with Crippen molar-refractivity contribution in [2.24, 2.45) is 0 Å². The first-order valence-corrected chi connectivity index (χ1v) is 11.0. The van der Waals surface area contributed by atoms with Crippen LogP contribution in [0.4, 0.5) is 0 Å². The van der Waals surface area contributed by atoms with Gasteiger partial charge in [-0.1, -0.05) is 48.5 Å². The molecule has 7 rings (SSSR count). The number of aliphatic hydroxyl groups is 1. The zero-order chi connectivity index (χ0) is 23.8. The van der Waals surface area contributed by atoms with E-state index in [4.69, 9.17) is 13.6 Å². The van der Waals surface area contributed by atoms with E-state index in [0.717, 1.165) is 21.5 Å². The normalized spacial score (nSPS) is 17.3. The van der Waals surface area contributed by atoms with Gasteiger partial charge in [0.1, 0.15) is 22.7 Å². The average Bonchev–Trinajstić information content (AvgIpc) is 3.19. The second-order valence-electron chi connectivity index (χ2n) is 8.66. The summed E-state index contributed by atoms with van der Waals surface area (Å²) in [6.07, 6.45) is -1.60. The van der Waals surface area contributed by atoms with E-state index in [0.29, 0.717) is 11.0 Å². The molecule has 2 aromatic heterocycles. The van der Waals surface area contributed by atoms with Gasteiger partial charge in [-0.2, -0.15) is 0 Å². The molecule has 0 fully saturated rings. The van der Waals surface area contributed by atoms with E-state index in [9.17, 15) is 19.8 Å². The topological polar surface area (TPSA) is 110 Å². The Morgan fingerprint density at radius 3 is 1.74 bits per heavy atom. The minimum atomic E-state index is -1.60. The lowest BCUT2D eigenvalue weighted by Crippen LogP contribution is -2.26. The van der Waals surface area contributed by atoms with E-state index in [1.807, 2.05) is 48.5 Å². The first-order chi connectivity index (χ1) is 17.0. The minimum absolute atomic E-state index is 0.0389. The molecule has 0 saturated heterocycles. The van der Waals surface area contributed by atoms with Gasteiger partial charge in [-0.15, -0.1) is 0 Å². The van der Waals surface area contributed by atoms with Gasteiger partial charge in [0.15, 0.2) is 0 Å². The van der Waals surface area contributed by atoms with E-state index in [2.05, 4.69) is 0 Å². The van der Waals surface area contributed by atoms with Gasteiger partial charge >= 0.3 is 11.3 Å². The predicted octanol–water partition coefficient (Wildman–Crippen LogP) is 4.75.